The van der Waals surface area contributed by atoms with Gasteiger partial charge in [-0.1, -0.05) is 48.5 Å². The Labute approximate surface area is 197 Å². The van der Waals surface area contributed by atoms with Crippen LogP contribution in [0.4, 0.5) is 0 Å². The molecule has 0 saturated carbocycles. The zero-order chi connectivity index (χ0) is 23.7. The molecule has 1 aromatic heterocycles. The quantitative estimate of drug-likeness (QED) is 0.393. The van der Waals surface area contributed by atoms with Crippen LogP contribution in [-0.4, -0.2) is 31.1 Å². The first kappa shape index (κ1) is 21.8. The molecule has 1 aliphatic rings. The van der Waals surface area contributed by atoms with Crippen LogP contribution in [0.15, 0.2) is 82.0 Å². The highest BCUT2D eigenvalue weighted by atomic mass is 16.5. The number of nitrogens with zero attached hydrogens (tertiary/aromatic N) is 1. The molecule has 5 rings (SSSR count). The van der Waals surface area contributed by atoms with E-state index in [1.54, 1.807) is 36.3 Å². The average molecular weight is 456 g/mol. The third-order valence-corrected chi connectivity index (χ3v) is 6.16. The molecule has 1 amide bonds. The van der Waals surface area contributed by atoms with Gasteiger partial charge >= 0.3 is 0 Å². The predicted molar refractivity (Wildman–Crippen MR) is 130 cm³/mol. The Morgan fingerprint density at radius 2 is 1.71 bits per heavy atom. The van der Waals surface area contributed by atoms with Gasteiger partial charge in [-0.05, 0) is 48.7 Å². The number of rotatable bonds is 7. The van der Waals surface area contributed by atoms with E-state index in [1.807, 2.05) is 55.5 Å². The van der Waals surface area contributed by atoms with Gasteiger partial charge in [-0.25, -0.2) is 0 Å². The highest BCUT2D eigenvalue weighted by molar-refractivity contribution is 5.99. The number of carbonyl (C=O) groups excluding carboxylic acids is 1. The Balaban J connectivity index is 1.65. The first-order valence-electron chi connectivity index (χ1n) is 11.3. The summed E-state index contributed by atoms with van der Waals surface area (Å²) in [5, 5.41) is 0.460. The van der Waals surface area contributed by atoms with E-state index in [2.05, 4.69) is 0 Å². The first-order valence-corrected chi connectivity index (χ1v) is 11.3. The molecule has 0 bridgehead atoms. The molecule has 1 atom stereocenters. The van der Waals surface area contributed by atoms with Crippen LogP contribution >= 0.6 is 0 Å². The van der Waals surface area contributed by atoms with Crippen LogP contribution in [0.5, 0.6) is 11.5 Å². The summed E-state index contributed by atoms with van der Waals surface area (Å²) in [5.74, 6) is 0.981. The van der Waals surface area contributed by atoms with Crippen molar-refractivity contribution in [2.75, 3.05) is 20.3 Å². The second-order valence-electron chi connectivity index (χ2n) is 8.15. The summed E-state index contributed by atoms with van der Waals surface area (Å²) in [6.07, 6.45) is 0.652. The number of ether oxygens (including phenoxy) is 2. The molecule has 0 aliphatic carbocycles. The molecule has 172 valence electrons. The van der Waals surface area contributed by atoms with Crippen molar-refractivity contribution in [1.82, 2.24) is 4.90 Å². The minimum absolute atomic E-state index is 0.106. The third-order valence-electron chi connectivity index (χ3n) is 6.16. The number of hydrogen-bond donors (Lipinski definition) is 0. The van der Waals surface area contributed by atoms with Gasteiger partial charge in [0.15, 0.2) is 16.9 Å². The van der Waals surface area contributed by atoms with Crippen molar-refractivity contribution in [1.29, 1.82) is 0 Å². The molecule has 34 heavy (non-hydrogen) atoms. The van der Waals surface area contributed by atoms with Crippen molar-refractivity contribution in [3.8, 4) is 11.5 Å². The SMILES string of the molecule is CCOc1ccc(C2c3c(oc4ccccc4c3=O)C(=O)N2CCc2ccccc2)cc1OC. The topological polar surface area (TPSA) is 69.0 Å². The maximum atomic E-state index is 13.6. The Morgan fingerprint density at radius 3 is 2.47 bits per heavy atom. The number of benzene rings is 3. The average Bonchev–Trinajstić information content (AvgIpc) is 3.15. The van der Waals surface area contributed by atoms with Gasteiger partial charge in [-0.3, -0.25) is 9.59 Å². The monoisotopic (exact) mass is 455 g/mol. The van der Waals surface area contributed by atoms with Crippen molar-refractivity contribution in [3.63, 3.8) is 0 Å². The summed E-state index contributed by atoms with van der Waals surface area (Å²) in [7, 11) is 1.57. The van der Waals surface area contributed by atoms with Crippen LogP contribution < -0.4 is 14.9 Å². The molecule has 3 aromatic carbocycles. The van der Waals surface area contributed by atoms with E-state index < -0.39 is 6.04 Å². The number of carbonyl (C=O) groups is 1. The Morgan fingerprint density at radius 1 is 0.941 bits per heavy atom. The highest BCUT2D eigenvalue weighted by Crippen LogP contribution is 2.41. The van der Waals surface area contributed by atoms with Gasteiger partial charge in [-0.2, -0.15) is 0 Å². The summed E-state index contributed by atoms with van der Waals surface area (Å²) in [6, 6.07) is 21.9. The lowest BCUT2D eigenvalue weighted by Crippen LogP contribution is -2.31. The standard InChI is InChI=1S/C28H25NO5/c1-3-33-22-14-13-19(17-23(22)32-2)25-24-26(30)20-11-7-8-12-21(20)34-27(24)28(31)29(25)16-15-18-9-5-4-6-10-18/h4-14,17,25H,3,15-16H2,1-2H3. The number of amides is 1. The zero-order valence-corrected chi connectivity index (χ0v) is 19.1. The van der Waals surface area contributed by atoms with Gasteiger partial charge < -0.3 is 18.8 Å². The third kappa shape index (κ3) is 3.71. The summed E-state index contributed by atoms with van der Waals surface area (Å²) in [4.78, 5) is 28.9. The van der Waals surface area contributed by atoms with Crippen LogP contribution in [0, 0.1) is 0 Å². The van der Waals surface area contributed by atoms with E-state index in [-0.39, 0.29) is 17.1 Å². The molecule has 6 nitrogen and oxygen atoms in total. The first-order chi connectivity index (χ1) is 16.6. The van der Waals surface area contributed by atoms with Gasteiger partial charge in [0.2, 0.25) is 5.76 Å². The smallest absolute Gasteiger partial charge is 0.290 e. The Hall–Kier alpha value is -4.06. The molecule has 0 spiro atoms. The van der Waals surface area contributed by atoms with Crippen LogP contribution in [0.2, 0.25) is 0 Å². The second-order valence-corrected chi connectivity index (χ2v) is 8.15. The summed E-state index contributed by atoms with van der Waals surface area (Å²) >= 11 is 0. The van der Waals surface area contributed by atoms with Gasteiger partial charge in [0.25, 0.3) is 5.91 Å². The molecular formula is C28H25NO5. The van der Waals surface area contributed by atoms with E-state index >= 15 is 0 Å². The van der Waals surface area contributed by atoms with Crippen molar-refractivity contribution in [2.45, 2.75) is 19.4 Å². The van der Waals surface area contributed by atoms with E-state index in [4.69, 9.17) is 13.9 Å². The molecule has 1 unspecified atom stereocenters. The van der Waals surface area contributed by atoms with Gasteiger partial charge in [0, 0.05) is 6.54 Å². The Bertz CT molecular complexity index is 1410. The largest absolute Gasteiger partial charge is 0.493 e. The second kappa shape index (κ2) is 9.06. The molecule has 2 heterocycles. The van der Waals surface area contributed by atoms with Gasteiger partial charge in [0.05, 0.1) is 30.7 Å². The fourth-order valence-electron chi connectivity index (χ4n) is 4.57. The molecular weight excluding hydrogens is 430 g/mol. The lowest BCUT2D eigenvalue weighted by Gasteiger charge is -2.26. The van der Waals surface area contributed by atoms with Crippen LogP contribution in [-0.2, 0) is 6.42 Å². The van der Waals surface area contributed by atoms with Gasteiger partial charge in [-0.15, -0.1) is 0 Å². The van der Waals surface area contributed by atoms with E-state index in [0.29, 0.717) is 47.6 Å². The summed E-state index contributed by atoms with van der Waals surface area (Å²) in [6.45, 7) is 2.84. The summed E-state index contributed by atoms with van der Waals surface area (Å²) < 4.78 is 17.2. The molecule has 4 aromatic rings. The Kier molecular flexibility index (Phi) is 5.80. The fraction of sp³-hybridized carbons (Fsp3) is 0.214. The van der Waals surface area contributed by atoms with Crippen LogP contribution in [0.1, 0.15) is 40.2 Å². The van der Waals surface area contributed by atoms with E-state index in [9.17, 15) is 9.59 Å². The molecule has 0 radical (unpaired) electrons. The number of para-hydroxylation sites is 1. The lowest BCUT2D eigenvalue weighted by molar-refractivity contribution is 0.0730. The van der Waals surface area contributed by atoms with Crippen molar-refractivity contribution in [3.05, 3.63) is 105 Å². The minimum atomic E-state index is -0.586. The van der Waals surface area contributed by atoms with Crippen molar-refractivity contribution < 1.29 is 18.7 Å². The molecule has 0 N–H and O–H groups in total. The maximum absolute atomic E-state index is 13.6. The van der Waals surface area contributed by atoms with E-state index in [1.165, 1.54) is 0 Å². The molecule has 0 saturated heterocycles. The van der Waals surface area contributed by atoms with Crippen molar-refractivity contribution >= 4 is 16.9 Å². The highest BCUT2D eigenvalue weighted by Gasteiger charge is 2.42. The van der Waals surface area contributed by atoms with Crippen molar-refractivity contribution in [2.24, 2.45) is 0 Å². The summed E-state index contributed by atoms with van der Waals surface area (Å²) in [5.41, 5.74) is 2.46. The molecule has 1 aliphatic heterocycles. The zero-order valence-electron chi connectivity index (χ0n) is 19.1. The van der Waals surface area contributed by atoms with Gasteiger partial charge in [0.1, 0.15) is 5.58 Å². The number of fused-ring (bicyclic) bond motifs is 2. The predicted octanol–water partition coefficient (Wildman–Crippen LogP) is 4.99. The number of methoxy groups -OCH3 is 1. The van der Waals surface area contributed by atoms with Crippen LogP contribution in [0.25, 0.3) is 11.0 Å². The van der Waals surface area contributed by atoms with Crippen LogP contribution in [0.3, 0.4) is 0 Å². The molecule has 6 heteroatoms. The normalized spacial score (nSPS) is 14.9. The maximum Gasteiger partial charge on any atom is 0.290 e. The fourth-order valence-corrected chi connectivity index (χ4v) is 4.57. The minimum Gasteiger partial charge on any atom is -0.493 e. The number of hydrogen-bond acceptors (Lipinski definition) is 5. The molecule has 0 fully saturated rings. The van der Waals surface area contributed by atoms with E-state index in [0.717, 1.165) is 11.1 Å². The lowest BCUT2D eigenvalue weighted by atomic mass is 9.97.